The molecule has 5 nitrogen and oxygen atoms in total. The summed E-state index contributed by atoms with van der Waals surface area (Å²) < 4.78 is 5.12. The molecule has 5 heteroatoms. The van der Waals surface area contributed by atoms with Gasteiger partial charge in [-0.3, -0.25) is 4.79 Å². The van der Waals surface area contributed by atoms with Crippen molar-refractivity contribution in [2.75, 3.05) is 26.2 Å². The number of benzene rings is 1. The Balaban J connectivity index is 1.59. The van der Waals surface area contributed by atoms with Gasteiger partial charge in [0.15, 0.2) is 0 Å². The van der Waals surface area contributed by atoms with Crippen LogP contribution in [0.2, 0.25) is 0 Å². The molecule has 1 amide bonds. The van der Waals surface area contributed by atoms with Crippen molar-refractivity contribution in [3.8, 4) is 0 Å². The minimum atomic E-state index is 0.0517. The van der Waals surface area contributed by atoms with Gasteiger partial charge in [0.25, 0.3) is 5.91 Å². The van der Waals surface area contributed by atoms with E-state index in [0.717, 1.165) is 32.7 Å². The second kappa shape index (κ2) is 6.54. The standard InChI is InChI=1S/C18H23N3O2/c1-13-5-4-6-16(11-13)12-20-7-9-21(10-8-20)18(22)17-14(2)19-23-15(17)3/h4-6,11H,7-10,12H2,1-3H3/p+1. The fraction of sp³-hybridized carbons (Fsp3) is 0.444. The number of rotatable bonds is 3. The van der Waals surface area contributed by atoms with Crippen molar-refractivity contribution in [3.05, 3.63) is 52.4 Å². The SMILES string of the molecule is Cc1cccc(C[NH+]2CCN(C(=O)c3c(C)noc3C)CC2)c1. The molecule has 0 bridgehead atoms. The molecule has 0 radical (unpaired) electrons. The Labute approximate surface area is 136 Å². The van der Waals surface area contributed by atoms with Crippen LogP contribution < -0.4 is 4.90 Å². The number of aromatic nitrogens is 1. The van der Waals surface area contributed by atoms with Crippen LogP contribution >= 0.6 is 0 Å². The first-order chi connectivity index (χ1) is 11.0. The Morgan fingerprint density at radius 1 is 1.26 bits per heavy atom. The van der Waals surface area contributed by atoms with Gasteiger partial charge in [0.05, 0.1) is 31.9 Å². The molecule has 23 heavy (non-hydrogen) atoms. The summed E-state index contributed by atoms with van der Waals surface area (Å²) in [6, 6.07) is 8.66. The molecular weight excluding hydrogens is 290 g/mol. The summed E-state index contributed by atoms with van der Waals surface area (Å²) in [7, 11) is 0. The third-order valence-electron chi connectivity index (χ3n) is 4.54. The van der Waals surface area contributed by atoms with Crippen LogP contribution in [0.1, 0.15) is 32.9 Å². The zero-order valence-electron chi connectivity index (χ0n) is 14.1. The molecule has 1 N–H and O–H groups in total. The van der Waals surface area contributed by atoms with Gasteiger partial charge in [-0.1, -0.05) is 35.0 Å². The number of hydrogen-bond acceptors (Lipinski definition) is 3. The van der Waals surface area contributed by atoms with E-state index in [2.05, 4.69) is 36.3 Å². The van der Waals surface area contributed by atoms with Crippen LogP contribution in [-0.2, 0) is 6.54 Å². The molecule has 3 rings (SSSR count). The van der Waals surface area contributed by atoms with Crippen molar-refractivity contribution in [3.63, 3.8) is 0 Å². The number of aryl methyl sites for hydroxylation is 3. The van der Waals surface area contributed by atoms with E-state index in [4.69, 9.17) is 4.52 Å². The lowest BCUT2D eigenvalue weighted by Gasteiger charge is -2.32. The highest BCUT2D eigenvalue weighted by molar-refractivity contribution is 5.96. The molecule has 1 fully saturated rings. The molecule has 0 unspecified atom stereocenters. The summed E-state index contributed by atoms with van der Waals surface area (Å²) in [5, 5.41) is 3.88. The summed E-state index contributed by atoms with van der Waals surface area (Å²) in [5.74, 6) is 0.665. The van der Waals surface area contributed by atoms with Crippen molar-refractivity contribution in [1.29, 1.82) is 0 Å². The minimum absolute atomic E-state index is 0.0517. The zero-order chi connectivity index (χ0) is 16.4. The molecule has 1 saturated heterocycles. The smallest absolute Gasteiger partial charge is 0.259 e. The largest absolute Gasteiger partial charge is 0.361 e. The van der Waals surface area contributed by atoms with E-state index in [1.807, 2.05) is 11.8 Å². The van der Waals surface area contributed by atoms with E-state index in [0.29, 0.717) is 17.0 Å². The molecule has 1 aromatic carbocycles. The summed E-state index contributed by atoms with van der Waals surface area (Å²) in [4.78, 5) is 16.1. The average molecular weight is 314 g/mol. The highest BCUT2D eigenvalue weighted by Gasteiger charge is 2.28. The maximum Gasteiger partial charge on any atom is 0.259 e. The lowest BCUT2D eigenvalue weighted by Crippen LogP contribution is -3.13. The van der Waals surface area contributed by atoms with E-state index in [-0.39, 0.29) is 5.91 Å². The summed E-state index contributed by atoms with van der Waals surface area (Å²) in [6.45, 7) is 10.3. The van der Waals surface area contributed by atoms with Crippen molar-refractivity contribution >= 4 is 5.91 Å². The molecule has 1 aliphatic rings. The van der Waals surface area contributed by atoms with E-state index < -0.39 is 0 Å². The first-order valence-corrected chi connectivity index (χ1v) is 8.16. The summed E-state index contributed by atoms with van der Waals surface area (Å²) in [6.07, 6.45) is 0. The molecule has 2 heterocycles. The number of nitrogens with zero attached hydrogens (tertiary/aromatic N) is 2. The Morgan fingerprint density at radius 2 is 2.00 bits per heavy atom. The monoisotopic (exact) mass is 314 g/mol. The van der Waals surface area contributed by atoms with Crippen LogP contribution in [0.4, 0.5) is 0 Å². The van der Waals surface area contributed by atoms with Gasteiger partial charge in [-0.05, 0) is 20.8 Å². The minimum Gasteiger partial charge on any atom is -0.361 e. The third kappa shape index (κ3) is 3.45. The lowest BCUT2D eigenvalue weighted by molar-refractivity contribution is -0.917. The molecule has 0 saturated carbocycles. The van der Waals surface area contributed by atoms with Gasteiger partial charge in [0.1, 0.15) is 17.9 Å². The van der Waals surface area contributed by atoms with Gasteiger partial charge in [-0.25, -0.2) is 0 Å². The van der Waals surface area contributed by atoms with Gasteiger partial charge in [0.2, 0.25) is 0 Å². The van der Waals surface area contributed by atoms with Crippen LogP contribution in [0.15, 0.2) is 28.8 Å². The molecule has 0 spiro atoms. The first-order valence-electron chi connectivity index (χ1n) is 8.16. The van der Waals surface area contributed by atoms with Gasteiger partial charge in [-0.15, -0.1) is 0 Å². The predicted molar refractivity (Wildman–Crippen MR) is 87.5 cm³/mol. The van der Waals surface area contributed by atoms with E-state index in [1.54, 1.807) is 6.92 Å². The Morgan fingerprint density at radius 3 is 2.61 bits per heavy atom. The molecular formula is C18H24N3O2+. The second-order valence-corrected chi connectivity index (χ2v) is 6.41. The average Bonchev–Trinajstić information content (AvgIpc) is 2.86. The Hall–Kier alpha value is -2.14. The third-order valence-corrected chi connectivity index (χ3v) is 4.54. The molecule has 0 aliphatic carbocycles. The normalized spacial score (nSPS) is 15.9. The highest BCUT2D eigenvalue weighted by atomic mass is 16.5. The van der Waals surface area contributed by atoms with Crippen LogP contribution in [0.5, 0.6) is 0 Å². The fourth-order valence-corrected chi connectivity index (χ4v) is 3.26. The van der Waals surface area contributed by atoms with Crippen molar-refractivity contribution in [1.82, 2.24) is 10.1 Å². The second-order valence-electron chi connectivity index (χ2n) is 6.41. The topological polar surface area (TPSA) is 50.8 Å². The molecule has 122 valence electrons. The van der Waals surface area contributed by atoms with Crippen LogP contribution in [0, 0.1) is 20.8 Å². The van der Waals surface area contributed by atoms with Crippen molar-refractivity contribution in [2.45, 2.75) is 27.3 Å². The Kier molecular flexibility index (Phi) is 4.48. The predicted octanol–water partition coefficient (Wildman–Crippen LogP) is 1.14. The summed E-state index contributed by atoms with van der Waals surface area (Å²) in [5.41, 5.74) is 3.98. The van der Waals surface area contributed by atoms with E-state index in [9.17, 15) is 4.79 Å². The van der Waals surface area contributed by atoms with Crippen molar-refractivity contribution < 1.29 is 14.2 Å². The highest BCUT2D eigenvalue weighted by Crippen LogP contribution is 2.15. The number of carbonyl (C=O) groups excluding carboxylic acids is 1. The number of quaternary nitrogens is 1. The molecule has 1 aliphatic heterocycles. The van der Waals surface area contributed by atoms with Crippen LogP contribution in [-0.4, -0.2) is 42.1 Å². The van der Waals surface area contributed by atoms with Crippen molar-refractivity contribution in [2.24, 2.45) is 0 Å². The van der Waals surface area contributed by atoms with E-state index >= 15 is 0 Å². The fourth-order valence-electron chi connectivity index (χ4n) is 3.26. The Bertz CT molecular complexity index is 681. The van der Waals surface area contributed by atoms with Gasteiger partial charge < -0.3 is 14.3 Å². The maximum atomic E-state index is 12.6. The van der Waals surface area contributed by atoms with Gasteiger partial charge >= 0.3 is 0 Å². The number of piperazine rings is 1. The van der Waals surface area contributed by atoms with Gasteiger partial charge in [-0.2, -0.15) is 0 Å². The maximum absolute atomic E-state index is 12.6. The number of carbonyl (C=O) groups is 1. The number of nitrogens with one attached hydrogen (secondary N) is 1. The quantitative estimate of drug-likeness (QED) is 0.924. The zero-order valence-corrected chi connectivity index (χ0v) is 14.1. The van der Waals surface area contributed by atoms with Crippen LogP contribution in [0.25, 0.3) is 0 Å². The van der Waals surface area contributed by atoms with Gasteiger partial charge in [0, 0.05) is 5.56 Å². The number of hydrogen-bond donors (Lipinski definition) is 1. The summed E-state index contributed by atoms with van der Waals surface area (Å²) >= 11 is 0. The molecule has 2 aromatic rings. The molecule has 0 atom stereocenters. The molecule has 1 aromatic heterocycles. The van der Waals surface area contributed by atoms with E-state index in [1.165, 1.54) is 16.0 Å². The van der Waals surface area contributed by atoms with Crippen LogP contribution in [0.3, 0.4) is 0 Å². The number of amides is 1. The first kappa shape index (κ1) is 15.7. The lowest BCUT2D eigenvalue weighted by atomic mass is 10.1.